The minimum atomic E-state index is -0.0599. The molecule has 0 saturated heterocycles. The number of hydrogen-bond donors (Lipinski definition) is 1. The van der Waals surface area contributed by atoms with Crippen LogP contribution in [-0.4, -0.2) is 41.5 Å². The number of carbonyl (C=O) groups is 1. The van der Waals surface area contributed by atoms with E-state index >= 15 is 0 Å². The van der Waals surface area contributed by atoms with Crippen molar-refractivity contribution in [3.8, 4) is 0 Å². The van der Waals surface area contributed by atoms with Gasteiger partial charge in [-0.05, 0) is 38.0 Å². The van der Waals surface area contributed by atoms with Crippen LogP contribution in [0.5, 0.6) is 0 Å². The molecule has 2 aromatic rings. The molecule has 134 valence electrons. The van der Waals surface area contributed by atoms with E-state index in [0.717, 1.165) is 28.7 Å². The monoisotopic (exact) mass is 376 g/mol. The summed E-state index contributed by atoms with van der Waals surface area (Å²) in [4.78, 5) is 23.6. The van der Waals surface area contributed by atoms with E-state index in [2.05, 4.69) is 27.1 Å². The van der Waals surface area contributed by atoms with Gasteiger partial charge < -0.3 is 10.2 Å². The highest BCUT2D eigenvalue weighted by atomic mass is 32.2. The smallest absolute Gasteiger partial charge is 0.244 e. The van der Waals surface area contributed by atoms with Crippen LogP contribution in [0, 0.1) is 6.92 Å². The predicted octanol–water partition coefficient (Wildman–Crippen LogP) is 4.08. The molecule has 1 heterocycles. The number of carbonyl (C=O) groups excluding carboxylic acids is 1. The van der Waals surface area contributed by atoms with Crippen molar-refractivity contribution in [2.75, 3.05) is 35.8 Å². The van der Waals surface area contributed by atoms with Crippen LogP contribution in [0.15, 0.2) is 40.4 Å². The second-order valence-electron chi connectivity index (χ2n) is 5.47. The molecule has 0 spiro atoms. The summed E-state index contributed by atoms with van der Waals surface area (Å²) in [6.07, 6.45) is 4.88. The van der Waals surface area contributed by atoms with Crippen LogP contribution in [0.25, 0.3) is 0 Å². The number of para-hydroxylation sites is 1. The van der Waals surface area contributed by atoms with Gasteiger partial charge in [0.05, 0.1) is 6.54 Å². The molecule has 1 aromatic carbocycles. The highest BCUT2D eigenvalue weighted by Crippen LogP contribution is 2.31. The average molecular weight is 377 g/mol. The quantitative estimate of drug-likeness (QED) is 0.553. The molecule has 0 aliphatic carbocycles. The maximum absolute atomic E-state index is 12.7. The normalized spacial score (nSPS) is 10.6. The van der Waals surface area contributed by atoms with Gasteiger partial charge in [0.15, 0.2) is 0 Å². The molecular weight excluding hydrogens is 352 g/mol. The largest absolute Gasteiger partial charge is 0.362 e. The lowest BCUT2D eigenvalue weighted by atomic mass is 10.2. The molecule has 0 saturated carbocycles. The molecule has 5 nitrogen and oxygen atoms in total. The standard InChI is InChI=1S/C18H24N4OS2/c1-5-11-22(14-9-7-6-8-10-14)12-15(23)21-16-17(24-3)19-13(2)20-18(16)25-4/h6-10H,5,11-12H2,1-4H3,(H,21,23). The molecule has 0 fully saturated rings. The first-order valence-electron chi connectivity index (χ1n) is 8.15. The molecule has 0 atom stereocenters. The van der Waals surface area contributed by atoms with Crippen LogP contribution >= 0.6 is 23.5 Å². The number of rotatable bonds is 8. The molecule has 0 aliphatic heterocycles. The summed E-state index contributed by atoms with van der Waals surface area (Å²) < 4.78 is 0. The van der Waals surface area contributed by atoms with Crippen molar-refractivity contribution in [1.29, 1.82) is 0 Å². The number of thioether (sulfide) groups is 2. The van der Waals surface area contributed by atoms with Crippen LogP contribution < -0.4 is 10.2 Å². The third kappa shape index (κ3) is 5.37. The highest BCUT2D eigenvalue weighted by Gasteiger charge is 2.17. The first-order valence-corrected chi connectivity index (χ1v) is 10.6. The second-order valence-corrected chi connectivity index (χ2v) is 7.06. The Balaban J connectivity index is 2.18. The van der Waals surface area contributed by atoms with E-state index in [9.17, 15) is 4.79 Å². The number of amides is 1. The third-order valence-corrected chi connectivity index (χ3v) is 4.92. The Kier molecular flexibility index (Phi) is 7.58. The number of anilines is 2. The van der Waals surface area contributed by atoms with Gasteiger partial charge in [-0.2, -0.15) is 0 Å². The number of nitrogens with zero attached hydrogens (tertiary/aromatic N) is 3. The van der Waals surface area contributed by atoms with E-state index in [0.29, 0.717) is 18.1 Å². The molecular formula is C18H24N4OS2. The Morgan fingerprint density at radius 3 is 2.24 bits per heavy atom. The van der Waals surface area contributed by atoms with Gasteiger partial charge in [0.25, 0.3) is 0 Å². The van der Waals surface area contributed by atoms with E-state index in [1.54, 1.807) is 0 Å². The van der Waals surface area contributed by atoms with Gasteiger partial charge in [0.2, 0.25) is 5.91 Å². The van der Waals surface area contributed by atoms with Crippen molar-refractivity contribution >= 4 is 40.8 Å². The summed E-state index contributed by atoms with van der Waals surface area (Å²) in [5.74, 6) is 0.652. The lowest BCUT2D eigenvalue weighted by Gasteiger charge is -2.24. The van der Waals surface area contributed by atoms with Crippen LogP contribution in [0.1, 0.15) is 19.2 Å². The van der Waals surface area contributed by atoms with E-state index < -0.39 is 0 Å². The lowest BCUT2D eigenvalue weighted by molar-refractivity contribution is -0.115. The molecule has 7 heteroatoms. The minimum absolute atomic E-state index is 0.0599. The van der Waals surface area contributed by atoms with Gasteiger partial charge in [0.1, 0.15) is 21.6 Å². The van der Waals surface area contributed by atoms with E-state index in [4.69, 9.17) is 0 Å². The Bertz CT molecular complexity index is 684. The van der Waals surface area contributed by atoms with E-state index in [1.165, 1.54) is 23.5 Å². The zero-order valence-electron chi connectivity index (χ0n) is 15.1. The van der Waals surface area contributed by atoms with Crippen LogP contribution in [0.2, 0.25) is 0 Å². The zero-order valence-corrected chi connectivity index (χ0v) is 16.7. The SMILES string of the molecule is CCCN(CC(=O)Nc1c(SC)nc(C)nc1SC)c1ccccc1. The fraction of sp³-hybridized carbons (Fsp3) is 0.389. The van der Waals surface area contributed by atoms with Gasteiger partial charge in [-0.15, -0.1) is 23.5 Å². The Labute approximate surface area is 158 Å². The molecule has 0 radical (unpaired) electrons. The molecule has 0 bridgehead atoms. The number of aromatic nitrogens is 2. The number of hydrogen-bond acceptors (Lipinski definition) is 6. The van der Waals surface area contributed by atoms with Gasteiger partial charge in [-0.1, -0.05) is 25.1 Å². The predicted molar refractivity (Wildman–Crippen MR) is 108 cm³/mol. The number of benzene rings is 1. The van der Waals surface area contributed by atoms with Crippen molar-refractivity contribution in [1.82, 2.24) is 9.97 Å². The van der Waals surface area contributed by atoms with Gasteiger partial charge in [-0.25, -0.2) is 9.97 Å². The molecule has 25 heavy (non-hydrogen) atoms. The topological polar surface area (TPSA) is 58.1 Å². The number of aryl methyl sites for hydroxylation is 1. The summed E-state index contributed by atoms with van der Waals surface area (Å²) >= 11 is 3.03. The van der Waals surface area contributed by atoms with Crippen molar-refractivity contribution in [2.45, 2.75) is 30.3 Å². The van der Waals surface area contributed by atoms with Crippen molar-refractivity contribution in [3.63, 3.8) is 0 Å². The minimum Gasteiger partial charge on any atom is -0.362 e. The van der Waals surface area contributed by atoms with Crippen molar-refractivity contribution in [2.24, 2.45) is 0 Å². The summed E-state index contributed by atoms with van der Waals surface area (Å²) in [7, 11) is 0. The average Bonchev–Trinajstić information content (AvgIpc) is 2.63. The first kappa shape index (κ1) is 19.6. The molecule has 1 aromatic heterocycles. The van der Waals surface area contributed by atoms with Gasteiger partial charge in [0, 0.05) is 12.2 Å². The molecule has 0 aliphatic rings. The Morgan fingerprint density at radius 1 is 1.12 bits per heavy atom. The highest BCUT2D eigenvalue weighted by molar-refractivity contribution is 7.99. The summed E-state index contributed by atoms with van der Waals surface area (Å²) in [6.45, 7) is 5.10. The lowest BCUT2D eigenvalue weighted by Crippen LogP contribution is -2.34. The van der Waals surface area contributed by atoms with E-state index in [-0.39, 0.29) is 5.91 Å². The van der Waals surface area contributed by atoms with Crippen molar-refractivity contribution in [3.05, 3.63) is 36.2 Å². The van der Waals surface area contributed by atoms with Gasteiger partial charge in [-0.3, -0.25) is 4.79 Å². The summed E-state index contributed by atoms with van der Waals surface area (Å²) in [6, 6.07) is 10.0. The van der Waals surface area contributed by atoms with Crippen LogP contribution in [0.4, 0.5) is 11.4 Å². The molecule has 2 rings (SSSR count). The molecule has 0 unspecified atom stereocenters. The summed E-state index contributed by atoms with van der Waals surface area (Å²) in [5, 5.41) is 4.62. The van der Waals surface area contributed by atoms with Crippen LogP contribution in [-0.2, 0) is 4.79 Å². The fourth-order valence-electron chi connectivity index (χ4n) is 2.49. The third-order valence-electron chi connectivity index (χ3n) is 3.55. The Hall–Kier alpha value is -1.73. The van der Waals surface area contributed by atoms with Crippen LogP contribution in [0.3, 0.4) is 0 Å². The Morgan fingerprint density at radius 2 is 1.72 bits per heavy atom. The van der Waals surface area contributed by atoms with E-state index in [1.807, 2.05) is 49.8 Å². The molecule has 1 amide bonds. The first-order chi connectivity index (χ1) is 12.1. The zero-order chi connectivity index (χ0) is 18.2. The molecule has 1 N–H and O–H groups in total. The maximum Gasteiger partial charge on any atom is 0.244 e. The summed E-state index contributed by atoms with van der Waals surface area (Å²) in [5.41, 5.74) is 1.76. The number of nitrogens with one attached hydrogen (secondary N) is 1. The van der Waals surface area contributed by atoms with Gasteiger partial charge >= 0.3 is 0 Å². The fourth-order valence-corrected chi connectivity index (χ4v) is 3.70. The maximum atomic E-state index is 12.7. The van der Waals surface area contributed by atoms with Crippen molar-refractivity contribution < 1.29 is 4.79 Å². The second kappa shape index (κ2) is 9.68.